The standard InChI is InChI=1S/C16H26N2O5.ClH/c1-11(18-16(19)13(17)10-21-3)12-5-6-14(15(9-12)22-4)23-8-7-20-2;/h5-6,9,11,13H,7-8,10,17H2,1-4H3,(H,18,19);1H. The van der Waals surface area contributed by atoms with Crippen LogP contribution in [0.15, 0.2) is 18.2 Å². The van der Waals surface area contributed by atoms with Crippen LogP contribution in [0.5, 0.6) is 11.5 Å². The Balaban J connectivity index is 0.00000529. The van der Waals surface area contributed by atoms with Crippen LogP contribution in [-0.2, 0) is 14.3 Å². The van der Waals surface area contributed by atoms with Gasteiger partial charge in [-0.3, -0.25) is 4.79 Å². The van der Waals surface area contributed by atoms with Crippen molar-refractivity contribution in [2.24, 2.45) is 5.73 Å². The summed E-state index contributed by atoms with van der Waals surface area (Å²) >= 11 is 0. The molecule has 1 aromatic carbocycles. The molecule has 0 saturated heterocycles. The van der Waals surface area contributed by atoms with Gasteiger partial charge in [-0.25, -0.2) is 0 Å². The van der Waals surface area contributed by atoms with E-state index in [0.29, 0.717) is 24.7 Å². The lowest BCUT2D eigenvalue weighted by Gasteiger charge is -2.19. The van der Waals surface area contributed by atoms with Gasteiger partial charge in [0.25, 0.3) is 0 Å². The smallest absolute Gasteiger partial charge is 0.239 e. The number of ether oxygens (including phenoxy) is 4. The maximum absolute atomic E-state index is 11.9. The molecule has 8 heteroatoms. The minimum Gasteiger partial charge on any atom is -0.493 e. The molecule has 0 saturated carbocycles. The maximum atomic E-state index is 11.9. The molecule has 0 radical (unpaired) electrons. The van der Waals surface area contributed by atoms with E-state index in [0.717, 1.165) is 5.56 Å². The zero-order chi connectivity index (χ0) is 17.2. The van der Waals surface area contributed by atoms with Gasteiger partial charge in [0.2, 0.25) is 5.91 Å². The Hall–Kier alpha value is -1.54. The fourth-order valence-corrected chi connectivity index (χ4v) is 1.97. The molecule has 24 heavy (non-hydrogen) atoms. The molecule has 0 aliphatic carbocycles. The van der Waals surface area contributed by atoms with Crippen molar-refractivity contribution in [2.75, 3.05) is 41.2 Å². The summed E-state index contributed by atoms with van der Waals surface area (Å²) in [6.45, 7) is 2.98. The van der Waals surface area contributed by atoms with E-state index >= 15 is 0 Å². The number of hydrogen-bond donors (Lipinski definition) is 2. The molecular formula is C16H27ClN2O5. The first-order valence-corrected chi connectivity index (χ1v) is 7.38. The fourth-order valence-electron chi connectivity index (χ4n) is 1.97. The average Bonchev–Trinajstić information content (AvgIpc) is 2.55. The van der Waals surface area contributed by atoms with Gasteiger partial charge >= 0.3 is 0 Å². The molecule has 0 aliphatic heterocycles. The number of methoxy groups -OCH3 is 3. The van der Waals surface area contributed by atoms with Crippen LogP contribution in [-0.4, -0.2) is 53.1 Å². The van der Waals surface area contributed by atoms with Gasteiger partial charge in [0.1, 0.15) is 12.6 Å². The number of amides is 1. The summed E-state index contributed by atoms with van der Waals surface area (Å²) in [7, 11) is 4.69. The van der Waals surface area contributed by atoms with Gasteiger partial charge in [-0.15, -0.1) is 12.4 Å². The topological polar surface area (TPSA) is 92.0 Å². The second-order valence-corrected chi connectivity index (χ2v) is 5.04. The third-order valence-corrected chi connectivity index (χ3v) is 3.27. The molecule has 1 amide bonds. The second kappa shape index (κ2) is 11.9. The van der Waals surface area contributed by atoms with E-state index in [9.17, 15) is 4.79 Å². The van der Waals surface area contributed by atoms with E-state index in [1.165, 1.54) is 7.11 Å². The minimum absolute atomic E-state index is 0. The molecule has 3 N–H and O–H groups in total. The van der Waals surface area contributed by atoms with E-state index < -0.39 is 6.04 Å². The first-order valence-electron chi connectivity index (χ1n) is 7.38. The lowest BCUT2D eigenvalue weighted by Crippen LogP contribution is -2.44. The van der Waals surface area contributed by atoms with E-state index in [2.05, 4.69) is 5.32 Å². The Bertz CT molecular complexity index is 501. The number of rotatable bonds is 10. The summed E-state index contributed by atoms with van der Waals surface area (Å²) in [6, 6.07) is 4.60. The highest BCUT2D eigenvalue weighted by molar-refractivity contribution is 5.85. The highest BCUT2D eigenvalue weighted by atomic mass is 35.5. The van der Waals surface area contributed by atoms with Crippen molar-refractivity contribution in [1.82, 2.24) is 5.32 Å². The molecule has 2 unspecified atom stereocenters. The number of hydrogen-bond acceptors (Lipinski definition) is 6. The summed E-state index contributed by atoms with van der Waals surface area (Å²) in [6.07, 6.45) is 0. The number of halogens is 1. The molecule has 0 aliphatic rings. The molecule has 0 aromatic heterocycles. The Morgan fingerprint density at radius 2 is 1.88 bits per heavy atom. The number of benzene rings is 1. The summed E-state index contributed by atoms with van der Waals surface area (Å²) in [4.78, 5) is 11.9. The average molecular weight is 363 g/mol. The van der Waals surface area contributed by atoms with Gasteiger partial charge in [-0.2, -0.15) is 0 Å². The van der Waals surface area contributed by atoms with Gasteiger partial charge in [0.15, 0.2) is 11.5 Å². The van der Waals surface area contributed by atoms with Crippen molar-refractivity contribution in [2.45, 2.75) is 19.0 Å². The van der Waals surface area contributed by atoms with Crippen LogP contribution in [0.2, 0.25) is 0 Å². The normalized spacial score (nSPS) is 12.7. The predicted octanol–water partition coefficient (Wildman–Crippen LogP) is 1.29. The van der Waals surface area contributed by atoms with Gasteiger partial charge < -0.3 is 30.0 Å². The lowest BCUT2D eigenvalue weighted by atomic mass is 10.1. The lowest BCUT2D eigenvalue weighted by molar-refractivity contribution is -0.124. The summed E-state index contributed by atoms with van der Waals surface area (Å²) in [5.74, 6) is 0.961. The molecule has 138 valence electrons. The van der Waals surface area contributed by atoms with Crippen LogP contribution >= 0.6 is 12.4 Å². The third kappa shape index (κ3) is 6.92. The molecule has 1 aromatic rings. The van der Waals surface area contributed by atoms with Crippen LogP contribution in [0.3, 0.4) is 0 Å². The molecule has 7 nitrogen and oxygen atoms in total. The number of carbonyl (C=O) groups is 1. The zero-order valence-corrected chi connectivity index (χ0v) is 15.4. The van der Waals surface area contributed by atoms with Gasteiger partial charge in [-0.05, 0) is 24.6 Å². The molecular weight excluding hydrogens is 336 g/mol. The number of carbonyl (C=O) groups excluding carboxylic acids is 1. The number of nitrogens with two attached hydrogens (primary N) is 1. The van der Waals surface area contributed by atoms with Gasteiger partial charge in [-0.1, -0.05) is 6.07 Å². The Kier molecular flexibility index (Phi) is 11.1. The quantitative estimate of drug-likeness (QED) is 0.609. The van der Waals surface area contributed by atoms with Crippen molar-refractivity contribution >= 4 is 18.3 Å². The van der Waals surface area contributed by atoms with Crippen LogP contribution in [0.1, 0.15) is 18.5 Å². The largest absolute Gasteiger partial charge is 0.493 e. The molecule has 0 spiro atoms. The first-order chi connectivity index (χ1) is 11.0. The van der Waals surface area contributed by atoms with E-state index in [-0.39, 0.29) is 31.0 Å². The van der Waals surface area contributed by atoms with Crippen LogP contribution in [0, 0.1) is 0 Å². The first kappa shape index (κ1) is 22.5. The Labute approximate surface area is 149 Å². The van der Waals surface area contributed by atoms with Gasteiger partial charge in [0, 0.05) is 14.2 Å². The predicted molar refractivity (Wildman–Crippen MR) is 94.0 cm³/mol. The van der Waals surface area contributed by atoms with Crippen molar-refractivity contribution in [3.63, 3.8) is 0 Å². The van der Waals surface area contributed by atoms with E-state index in [1.807, 2.05) is 25.1 Å². The van der Waals surface area contributed by atoms with E-state index in [4.69, 9.17) is 24.7 Å². The van der Waals surface area contributed by atoms with Crippen molar-refractivity contribution < 1.29 is 23.7 Å². The highest BCUT2D eigenvalue weighted by Crippen LogP contribution is 2.30. The molecule has 0 heterocycles. The molecule has 1 rings (SSSR count). The Morgan fingerprint density at radius 1 is 1.17 bits per heavy atom. The monoisotopic (exact) mass is 362 g/mol. The van der Waals surface area contributed by atoms with E-state index in [1.54, 1.807) is 14.2 Å². The zero-order valence-electron chi connectivity index (χ0n) is 14.5. The summed E-state index contributed by atoms with van der Waals surface area (Å²) in [5.41, 5.74) is 6.60. The van der Waals surface area contributed by atoms with Crippen molar-refractivity contribution in [3.8, 4) is 11.5 Å². The van der Waals surface area contributed by atoms with Crippen molar-refractivity contribution in [3.05, 3.63) is 23.8 Å². The summed E-state index contributed by atoms with van der Waals surface area (Å²) < 4.78 is 20.7. The SMILES string of the molecule is COCCOc1ccc(C(C)NC(=O)C(N)COC)cc1OC.Cl. The van der Waals surface area contributed by atoms with Crippen LogP contribution in [0.4, 0.5) is 0 Å². The van der Waals surface area contributed by atoms with Gasteiger partial charge in [0.05, 0.1) is 26.4 Å². The molecule has 0 bridgehead atoms. The maximum Gasteiger partial charge on any atom is 0.239 e. The Morgan fingerprint density at radius 3 is 2.46 bits per heavy atom. The van der Waals surface area contributed by atoms with Crippen molar-refractivity contribution in [1.29, 1.82) is 0 Å². The minimum atomic E-state index is -0.694. The number of nitrogens with one attached hydrogen (secondary N) is 1. The third-order valence-electron chi connectivity index (χ3n) is 3.27. The summed E-state index contributed by atoms with van der Waals surface area (Å²) in [5, 5.41) is 2.84. The van der Waals surface area contributed by atoms with Crippen LogP contribution in [0.25, 0.3) is 0 Å². The second-order valence-electron chi connectivity index (χ2n) is 5.04. The molecule has 2 atom stereocenters. The molecule has 0 fully saturated rings. The highest BCUT2D eigenvalue weighted by Gasteiger charge is 2.17. The fraction of sp³-hybridized carbons (Fsp3) is 0.562. The van der Waals surface area contributed by atoms with Crippen LogP contribution < -0.4 is 20.5 Å².